The molecular weight excluding hydrogens is 300 g/mol. The fourth-order valence-electron chi connectivity index (χ4n) is 2.95. The van der Waals surface area contributed by atoms with Crippen molar-refractivity contribution < 1.29 is 9.59 Å². The highest BCUT2D eigenvalue weighted by Gasteiger charge is 2.23. The van der Waals surface area contributed by atoms with Gasteiger partial charge in [0.1, 0.15) is 0 Å². The Balaban J connectivity index is 1.84. The summed E-state index contributed by atoms with van der Waals surface area (Å²) in [4.78, 5) is 23.1. The predicted octanol–water partition coefficient (Wildman–Crippen LogP) is 2.57. The second-order valence-corrected chi connectivity index (χ2v) is 6.66. The molecule has 4 N–H and O–H groups in total. The van der Waals surface area contributed by atoms with Gasteiger partial charge in [0.25, 0.3) is 0 Å². The lowest BCUT2D eigenvalue weighted by molar-refractivity contribution is -0.114. The van der Waals surface area contributed by atoms with E-state index in [1.807, 2.05) is 36.4 Å². The molecule has 0 saturated carbocycles. The van der Waals surface area contributed by atoms with Gasteiger partial charge in [-0.2, -0.15) is 0 Å². The Hall–Kier alpha value is -2.04. The van der Waals surface area contributed by atoms with Gasteiger partial charge < -0.3 is 11.5 Å². The van der Waals surface area contributed by atoms with Crippen LogP contribution in [0.25, 0.3) is 0 Å². The van der Waals surface area contributed by atoms with Crippen molar-refractivity contribution in [1.82, 2.24) is 0 Å². The molecule has 0 fully saturated rings. The number of Topliss-reactive ketones (excluding diaryl/α,β-unsaturated/α-hetero) is 2. The van der Waals surface area contributed by atoms with Crippen molar-refractivity contribution in [2.45, 2.75) is 32.6 Å². The molecule has 0 saturated heterocycles. The van der Waals surface area contributed by atoms with Crippen LogP contribution in [0.4, 0.5) is 0 Å². The van der Waals surface area contributed by atoms with Crippen molar-refractivity contribution >= 4 is 11.6 Å². The highest BCUT2D eigenvalue weighted by molar-refractivity contribution is 5.99. The highest BCUT2D eigenvalue weighted by atomic mass is 16.1. The third-order valence-electron chi connectivity index (χ3n) is 4.64. The van der Waals surface area contributed by atoms with Crippen molar-refractivity contribution in [3.63, 3.8) is 0 Å². The maximum atomic E-state index is 11.6. The van der Waals surface area contributed by atoms with Crippen LogP contribution in [0.5, 0.6) is 0 Å². The van der Waals surface area contributed by atoms with E-state index >= 15 is 0 Å². The molecule has 0 aliphatic heterocycles. The van der Waals surface area contributed by atoms with E-state index in [0.717, 1.165) is 31.3 Å². The number of carbonyl (C=O) groups excluding carboxylic acids is 2. The van der Waals surface area contributed by atoms with E-state index in [9.17, 15) is 9.59 Å². The van der Waals surface area contributed by atoms with E-state index in [1.165, 1.54) is 5.56 Å². The normalized spacial score (nSPS) is 19.9. The SMILES string of the molecule is CC1(CCCc2ccc(C(=O)CN)cc2)C=CC(C(=O)CN)=CC1. The Morgan fingerprint density at radius 2 is 1.75 bits per heavy atom. The monoisotopic (exact) mass is 326 g/mol. The van der Waals surface area contributed by atoms with Crippen molar-refractivity contribution in [3.8, 4) is 0 Å². The second-order valence-electron chi connectivity index (χ2n) is 6.66. The molecule has 2 rings (SSSR count). The molecule has 0 radical (unpaired) electrons. The van der Waals surface area contributed by atoms with Crippen molar-refractivity contribution in [3.05, 3.63) is 59.2 Å². The molecule has 1 aliphatic carbocycles. The lowest BCUT2D eigenvalue weighted by Gasteiger charge is -2.27. The van der Waals surface area contributed by atoms with Crippen LogP contribution in [0.1, 0.15) is 42.1 Å². The first-order valence-corrected chi connectivity index (χ1v) is 8.42. The summed E-state index contributed by atoms with van der Waals surface area (Å²) in [6, 6.07) is 7.69. The van der Waals surface area contributed by atoms with Crippen LogP contribution in [0.3, 0.4) is 0 Å². The lowest BCUT2D eigenvalue weighted by Crippen LogP contribution is -2.20. The number of hydrogen-bond donors (Lipinski definition) is 2. The van der Waals surface area contributed by atoms with E-state index < -0.39 is 0 Å². The molecule has 1 aromatic rings. The van der Waals surface area contributed by atoms with Crippen LogP contribution in [0.2, 0.25) is 0 Å². The van der Waals surface area contributed by atoms with Gasteiger partial charge >= 0.3 is 0 Å². The molecule has 1 atom stereocenters. The summed E-state index contributed by atoms with van der Waals surface area (Å²) in [6.45, 7) is 2.33. The Morgan fingerprint density at radius 3 is 2.29 bits per heavy atom. The summed E-state index contributed by atoms with van der Waals surface area (Å²) < 4.78 is 0. The summed E-state index contributed by atoms with van der Waals surface area (Å²) in [5.74, 6) is -0.0311. The number of allylic oxidation sites excluding steroid dienone is 3. The smallest absolute Gasteiger partial charge is 0.176 e. The van der Waals surface area contributed by atoms with E-state index in [-0.39, 0.29) is 30.1 Å². The molecule has 1 unspecified atom stereocenters. The third kappa shape index (κ3) is 4.73. The summed E-state index contributed by atoms with van der Waals surface area (Å²) in [6.07, 6.45) is 9.99. The minimum atomic E-state index is -0.0315. The first-order chi connectivity index (χ1) is 11.5. The number of benzene rings is 1. The molecule has 4 nitrogen and oxygen atoms in total. The molecular formula is C20H26N2O2. The number of ketones is 2. The van der Waals surface area contributed by atoms with E-state index in [4.69, 9.17) is 11.5 Å². The molecule has 4 heteroatoms. The average Bonchev–Trinajstić information content (AvgIpc) is 2.61. The van der Waals surface area contributed by atoms with Crippen LogP contribution in [0.15, 0.2) is 48.1 Å². The molecule has 1 aromatic carbocycles. The Kier molecular flexibility index (Phi) is 6.23. The van der Waals surface area contributed by atoms with Gasteiger partial charge in [0.05, 0.1) is 13.1 Å². The summed E-state index contributed by atoms with van der Waals surface area (Å²) in [5.41, 5.74) is 13.5. The van der Waals surface area contributed by atoms with Gasteiger partial charge in [0, 0.05) is 11.1 Å². The fraction of sp³-hybridized carbons (Fsp3) is 0.400. The molecule has 1 aliphatic rings. The molecule has 0 amide bonds. The molecule has 128 valence electrons. The molecule has 0 aromatic heterocycles. The zero-order chi connectivity index (χ0) is 17.6. The second kappa shape index (κ2) is 8.18. The standard InChI is InChI=1S/C20H26N2O2/c1-20(11-8-17(9-12-20)19(24)14-22)10-2-3-15-4-6-16(7-5-15)18(23)13-21/h4-9,11H,2-3,10,12-14,21-22H2,1H3. The Labute approximate surface area is 143 Å². The van der Waals surface area contributed by atoms with Gasteiger partial charge in [-0.1, -0.05) is 49.4 Å². The van der Waals surface area contributed by atoms with Crippen LogP contribution < -0.4 is 11.5 Å². The quantitative estimate of drug-likeness (QED) is 0.719. The third-order valence-corrected chi connectivity index (χ3v) is 4.64. The zero-order valence-electron chi connectivity index (χ0n) is 14.3. The van der Waals surface area contributed by atoms with Crippen molar-refractivity contribution in [1.29, 1.82) is 0 Å². The van der Waals surface area contributed by atoms with Gasteiger partial charge in [0.2, 0.25) is 0 Å². The summed E-state index contributed by atoms with van der Waals surface area (Å²) in [7, 11) is 0. The molecule has 0 bridgehead atoms. The van der Waals surface area contributed by atoms with E-state index in [2.05, 4.69) is 13.0 Å². The fourth-order valence-corrected chi connectivity index (χ4v) is 2.95. The molecule has 0 spiro atoms. The van der Waals surface area contributed by atoms with Crippen LogP contribution in [0, 0.1) is 5.41 Å². The average molecular weight is 326 g/mol. The summed E-state index contributed by atoms with van der Waals surface area (Å²) in [5, 5.41) is 0. The van der Waals surface area contributed by atoms with E-state index in [0.29, 0.717) is 5.56 Å². The first-order valence-electron chi connectivity index (χ1n) is 8.42. The number of carbonyl (C=O) groups is 2. The maximum absolute atomic E-state index is 11.6. The number of rotatable bonds is 8. The van der Waals surface area contributed by atoms with Crippen molar-refractivity contribution in [2.24, 2.45) is 16.9 Å². The van der Waals surface area contributed by atoms with E-state index in [1.54, 1.807) is 0 Å². The minimum absolute atomic E-state index is 0.000385. The number of aryl methyl sites for hydroxylation is 1. The number of nitrogens with two attached hydrogens (primary N) is 2. The van der Waals surface area contributed by atoms with Gasteiger partial charge in [-0.15, -0.1) is 0 Å². The summed E-state index contributed by atoms with van der Waals surface area (Å²) >= 11 is 0. The van der Waals surface area contributed by atoms with Crippen LogP contribution in [-0.2, 0) is 11.2 Å². The topological polar surface area (TPSA) is 86.2 Å². The Bertz CT molecular complexity index is 659. The van der Waals surface area contributed by atoms with Crippen molar-refractivity contribution in [2.75, 3.05) is 13.1 Å². The van der Waals surface area contributed by atoms with Gasteiger partial charge in [-0.3, -0.25) is 9.59 Å². The zero-order valence-corrected chi connectivity index (χ0v) is 14.3. The predicted molar refractivity (Wildman–Crippen MR) is 96.8 cm³/mol. The first kappa shape index (κ1) is 18.3. The maximum Gasteiger partial charge on any atom is 0.176 e. The highest BCUT2D eigenvalue weighted by Crippen LogP contribution is 2.34. The largest absolute Gasteiger partial charge is 0.324 e. The van der Waals surface area contributed by atoms with Gasteiger partial charge in [-0.05, 0) is 36.7 Å². The Morgan fingerprint density at radius 1 is 1.08 bits per heavy atom. The molecule has 0 heterocycles. The number of hydrogen-bond acceptors (Lipinski definition) is 4. The van der Waals surface area contributed by atoms with Gasteiger partial charge in [-0.25, -0.2) is 0 Å². The lowest BCUT2D eigenvalue weighted by atomic mass is 9.77. The van der Waals surface area contributed by atoms with Gasteiger partial charge in [0.15, 0.2) is 11.6 Å². The van der Waals surface area contributed by atoms with Crippen LogP contribution in [-0.4, -0.2) is 24.7 Å². The minimum Gasteiger partial charge on any atom is -0.324 e. The molecule has 24 heavy (non-hydrogen) atoms. The van der Waals surface area contributed by atoms with Crippen LogP contribution >= 0.6 is 0 Å².